The lowest BCUT2D eigenvalue weighted by molar-refractivity contribution is -0.196. The summed E-state index contributed by atoms with van der Waals surface area (Å²) < 4.78 is 10.3. The molecule has 2 heteroatoms. The fourth-order valence-electron chi connectivity index (χ4n) is 0.821. The summed E-state index contributed by atoms with van der Waals surface area (Å²) in [6.45, 7) is 6.39. The highest BCUT2D eigenvalue weighted by Gasteiger charge is 2.33. The first-order valence-electron chi connectivity index (χ1n) is 2.98. The van der Waals surface area contributed by atoms with E-state index >= 15 is 0 Å². The van der Waals surface area contributed by atoms with Gasteiger partial charge in [0.2, 0.25) is 0 Å². The summed E-state index contributed by atoms with van der Waals surface area (Å²) in [6.07, 6.45) is 0. The Bertz CT molecular complexity index is 76.6. The molecule has 1 aliphatic rings. The van der Waals surface area contributed by atoms with E-state index in [9.17, 15) is 0 Å². The average Bonchev–Trinajstić information content (AvgIpc) is 1.64. The fourth-order valence-corrected chi connectivity index (χ4v) is 0.821. The quantitative estimate of drug-likeness (QED) is 0.531. The molecule has 1 rings (SSSR count). The third-order valence-electron chi connectivity index (χ3n) is 1.31. The number of hydrogen-bond donors (Lipinski definition) is 0. The van der Waals surface area contributed by atoms with Crippen LogP contribution in [0.4, 0.5) is 0 Å². The van der Waals surface area contributed by atoms with Gasteiger partial charge in [0.25, 0.3) is 0 Å². The first-order chi connectivity index (χ1) is 3.77. The van der Waals surface area contributed by atoms with E-state index in [1.807, 2.05) is 6.92 Å². The van der Waals surface area contributed by atoms with Crippen LogP contribution in [0.25, 0.3) is 0 Å². The normalized spacial score (nSPS) is 24.8. The number of rotatable bonds is 2. The lowest BCUT2D eigenvalue weighted by atomic mass is 10.1. The Morgan fingerprint density at radius 1 is 1.62 bits per heavy atom. The van der Waals surface area contributed by atoms with Crippen molar-refractivity contribution in [1.29, 1.82) is 0 Å². The van der Waals surface area contributed by atoms with Crippen LogP contribution >= 0.6 is 0 Å². The molecular formula is C6H12O2. The Hall–Kier alpha value is -0.0800. The van der Waals surface area contributed by atoms with Crippen LogP contribution in [0.15, 0.2) is 0 Å². The van der Waals surface area contributed by atoms with Crippen molar-refractivity contribution in [3.8, 4) is 0 Å². The molecule has 0 bridgehead atoms. The number of ether oxygens (including phenoxy) is 2. The molecule has 0 radical (unpaired) electrons. The highest BCUT2D eigenvalue weighted by molar-refractivity contribution is 4.81. The molecule has 0 N–H and O–H groups in total. The van der Waals surface area contributed by atoms with Gasteiger partial charge in [0, 0.05) is 6.61 Å². The van der Waals surface area contributed by atoms with Crippen LogP contribution < -0.4 is 0 Å². The highest BCUT2D eigenvalue weighted by Crippen LogP contribution is 2.19. The van der Waals surface area contributed by atoms with Crippen molar-refractivity contribution in [2.75, 3.05) is 19.8 Å². The lowest BCUT2D eigenvalue weighted by Gasteiger charge is -2.37. The van der Waals surface area contributed by atoms with Gasteiger partial charge < -0.3 is 9.47 Å². The van der Waals surface area contributed by atoms with Gasteiger partial charge in [0.05, 0.1) is 13.2 Å². The van der Waals surface area contributed by atoms with Crippen LogP contribution in [0.2, 0.25) is 0 Å². The van der Waals surface area contributed by atoms with Gasteiger partial charge in [0.15, 0.2) is 0 Å². The summed E-state index contributed by atoms with van der Waals surface area (Å²) >= 11 is 0. The zero-order chi connectivity index (χ0) is 6.04. The second kappa shape index (κ2) is 2.03. The molecule has 0 aromatic carbocycles. The van der Waals surface area contributed by atoms with Gasteiger partial charge in [-0.15, -0.1) is 0 Å². The van der Waals surface area contributed by atoms with E-state index in [1.165, 1.54) is 0 Å². The summed E-state index contributed by atoms with van der Waals surface area (Å²) in [5.74, 6) is 0. The smallest absolute Gasteiger partial charge is 0.112 e. The largest absolute Gasteiger partial charge is 0.375 e. The predicted octanol–water partition coefficient (Wildman–Crippen LogP) is 0.812. The van der Waals surface area contributed by atoms with E-state index in [1.54, 1.807) is 0 Å². The van der Waals surface area contributed by atoms with Crippen LogP contribution in [0, 0.1) is 0 Å². The number of hydrogen-bond acceptors (Lipinski definition) is 2. The average molecular weight is 116 g/mol. The van der Waals surface area contributed by atoms with E-state index in [-0.39, 0.29) is 5.60 Å². The van der Waals surface area contributed by atoms with Crippen LogP contribution in [-0.4, -0.2) is 25.4 Å². The highest BCUT2D eigenvalue weighted by atomic mass is 16.6. The van der Waals surface area contributed by atoms with Crippen LogP contribution in [0.3, 0.4) is 0 Å². The maximum absolute atomic E-state index is 5.34. The topological polar surface area (TPSA) is 18.5 Å². The van der Waals surface area contributed by atoms with E-state index in [0.717, 1.165) is 19.8 Å². The SMILES string of the molecule is CCOC1(C)COC1. The molecule has 0 amide bonds. The molecule has 0 aliphatic carbocycles. The molecule has 1 saturated heterocycles. The molecule has 0 aromatic heterocycles. The Labute approximate surface area is 49.8 Å². The van der Waals surface area contributed by atoms with Crippen molar-refractivity contribution >= 4 is 0 Å². The fraction of sp³-hybridized carbons (Fsp3) is 1.00. The minimum absolute atomic E-state index is 0.0503. The van der Waals surface area contributed by atoms with Crippen LogP contribution in [-0.2, 0) is 9.47 Å². The maximum atomic E-state index is 5.34. The third-order valence-corrected chi connectivity index (χ3v) is 1.31. The molecule has 1 fully saturated rings. The lowest BCUT2D eigenvalue weighted by Crippen LogP contribution is -2.49. The van der Waals surface area contributed by atoms with E-state index < -0.39 is 0 Å². The van der Waals surface area contributed by atoms with Crippen molar-refractivity contribution in [3.05, 3.63) is 0 Å². The summed E-state index contributed by atoms with van der Waals surface area (Å²) in [6, 6.07) is 0. The Kier molecular flexibility index (Phi) is 1.54. The van der Waals surface area contributed by atoms with Gasteiger partial charge in [-0.3, -0.25) is 0 Å². The van der Waals surface area contributed by atoms with Crippen molar-refractivity contribution in [2.24, 2.45) is 0 Å². The molecule has 0 unspecified atom stereocenters. The zero-order valence-electron chi connectivity index (χ0n) is 5.44. The molecule has 2 nitrogen and oxygen atoms in total. The third kappa shape index (κ3) is 1.01. The van der Waals surface area contributed by atoms with Crippen molar-refractivity contribution in [1.82, 2.24) is 0 Å². The van der Waals surface area contributed by atoms with Gasteiger partial charge in [-0.2, -0.15) is 0 Å². The van der Waals surface area contributed by atoms with E-state index in [4.69, 9.17) is 9.47 Å². The Morgan fingerprint density at radius 2 is 2.25 bits per heavy atom. The first-order valence-corrected chi connectivity index (χ1v) is 2.98. The van der Waals surface area contributed by atoms with E-state index in [0.29, 0.717) is 0 Å². The summed E-state index contributed by atoms with van der Waals surface area (Å²) in [5.41, 5.74) is 0.0503. The van der Waals surface area contributed by atoms with Gasteiger partial charge in [-0.1, -0.05) is 0 Å². The van der Waals surface area contributed by atoms with Gasteiger partial charge in [0.1, 0.15) is 5.60 Å². The van der Waals surface area contributed by atoms with Crippen LogP contribution in [0.1, 0.15) is 13.8 Å². The van der Waals surface area contributed by atoms with Gasteiger partial charge in [-0.05, 0) is 13.8 Å². The molecule has 0 spiro atoms. The summed E-state index contributed by atoms with van der Waals surface area (Å²) in [5, 5.41) is 0. The second-order valence-electron chi connectivity index (χ2n) is 2.38. The standard InChI is InChI=1S/C6H12O2/c1-3-8-6(2)4-7-5-6/h3-5H2,1-2H3. The zero-order valence-corrected chi connectivity index (χ0v) is 5.44. The summed E-state index contributed by atoms with van der Waals surface area (Å²) in [7, 11) is 0. The monoisotopic (exact) mass is 116 g/mol. The molecule has 0 atom stereocenters. The molecule has 0 aromatic rings. The van der Waals surface area contributed by atoms with Gasteiger partial charge >= 0.3 is 0 Å². The Morgan fingerprint density at radius 3 is 2.38 bits per heavy atom. The Balaban J connectivity index is 2.20. The van der Waals surface area contributed by atoms with E-state index in [2.05, 4.69) is 6.92 Å². The molecule has 8 heavy (non-hydrogen) atoms. The molecule has 1 heterocycles. The predicted molar refractivity (Wildman–Crippen MR) is 30.8 cm³/mol. The first kappa shape index (κ1) is 6.05. The minimum atomic E-state index is 0.0503. The summed E-state index contributed by atoms with van der Waals surface area (Å²) in [4.78, 5) is 0. The molecular weight excluding hydrogens is 104 g/mol. The van der Waals surface area contributed by atoms with Crippen molar-refractivity contribution < 1.29 is 9.47 Å². The van der Waals surface area contributed by atoms with Crippen molar-refractivity contribution in [2.45, 2.75) is 19.4 Å². The second-order valence-corrected chi connectivity index (χ2v) is 2.38. The minimum Gasteiger partial charge on any atom is -0.375 e. The molecule has 48 valence electrons. The molecule has 1 aliphatic heterocycles. The van der Waals surface area contributed by atoms with Crippen LogP contribution in [0.5, 0.6) is 0 Å². The van der Waals surface area contributed by atoms with Crippen molar-refractivity contribution in [3.63, 3.8) is 0 Å². The molecule has 0 saturated carbocycles. The van der Waals surface area contributed by atoms with Gasteiger partial charge in [-0.25, -0.2) is 0 Å². The maximum Gasteiger partial charge on any atom is 0.112 e.